The Bertz CT molecular complexity index is 494. The first kappa shape index (κ1) is 20.1. The molecule has 4 nitrogen and oxygen atoms in total. The summed E-state index contributed by atoms with van der Waals surface area (Å²) >= 11 is 0. The molecule has 3 aliphatic rings. The molecule has 0 aromatic carbocycles. The number of piperidine rings is 1. The standard InChI is InChI=1S/C22H40N2O2/c1-20(2)17-23-16-15-22(20)19(25)24(4)21(3,26-22)18-13-11-9-7-5-6-8-10-12-14-18/h18,23H,5-17H2,1-4H3. The fourth-order valence-corrected chi connectivity index (χ4v) is 5.55. The van der Waals surface area contributed by atoms with Gasteiger partial charge in [-0.25, -0.2) is 0 Å². The Morgan fingerprint density at radius 3 is 2.04 bits per heavy atom. The molecule has 1 spiro atoms. The smallest absolute Gasteiger partial charge is 0.257 e. The summed E-state index contributed by atoms with van der Waals surface area (Å²) in [5.41, 5.74) is -1.30. The van der Waals surface area contributed by atoms with E-state index in [1.807, 2.05) is 11.9 Å². The van der Waals surface area contributed by atoms with Gasteiger partial charge in [-0.3, -0.25) is 4.79 Å². The number of nitrogens with one attached hydrogen (secondary N) is 1. The van der Waals surface area contributed by atoms with E-state index >= 15 is 0 Å². The second kappa shape index (κ2) is 7.79. The van der Waals surface area contributed by atoms with Gasteiger partial charge in [-0.2, -0.15) is 0 Å². The van der Waals surface area contributed by atoms with E-state index in [0.29, 0.717) is 5.92 Å². The van der Waals surface area contributed by atoms with Crippen molar-refractivity contribution in [1.29, 1.82) is 0 Å². The minimum Gasteiger partial charge on any atom is -0.339 e. The number of hydrogen-bond acceptors (Lipinski definition) is 3. The molecule has 4 heteroatoms. The quantitative estimate of drug-likeness (QED) is 0.746. The Labute approximate surface area is 160 Å². The highest BCUT2D eigenvalue weighted by molar-refractivity contribution is 5.88. The molecular weight excluding hydrogens is 324 g/mol. The van der Waals surface area contributed by atoms with Crippen LogP contribution in [0.25, 0.3) is 0 Å². The highest BCUT2D eigenvalue weighted by Gasteiger charge is 2.65. The van der Waals surface area contributed by atoms with Gasteiger partial charge in [-0.1, -0.05) is 65.2 Å². The van der Waals surface area contributed by atoms with Crippen molar-refractivity contribution < 1.29 is 9.53 Å². The summed E-state index contributed by atoms with van der Waals surface area (Å²) in [5, 5.41) is 3.46. The lowest BCUT2D eigenvalue weighted by Crippen LogP contribution is -2.60. The second-order valence-corrected chi connectivity index (χ2v) is 9.76. The van der Waals surface area contributed by atoms with Gasteiger partial charge in [-0.05, 0) is 32.7 Å². The third-order valence-electron chi connectivity index (χ3n) is 7.62. The molecule has 3 fully saturated rings. The number of carbonyl (C=O) groups excluding carboxylic acids is 1. The third-order valence-corrected chi connectivity index (χ3v) is 7.62. The molecule has 1 saturated carbocycles. The fraction of sp³-hybridized carbons (Fsp3) is 0.955. The maximum atomic E-state index is 13.5. The highest BCUT2D eigenvalue weighted by atomic mass is 16.6. The lowest BCUT2D eigenvalue weighted by molar-refractivity contribution is -0.201. The van der Waals surface area contributed by atoms with Crippen molar-refractivity contribution in [2.24, 2.45) is 11.3 Å². The van der Waals surface area contributed by atoms with Gasteiger partial charge in [0, 0.05) is 24.9 Å². The normalized spacial score (nSPS) is 37.7. The van der Waals surface area contributed by atoms with Crippen molar-refractivity contribution in [3.63, 3.8) is 0 Å². The van der Waals surface area contributed by atoms with Crippen molar-refractivity contribution in [3.05, 3.63) is 0 Å². The van der Waals surface area contributed by atoms with E-state index in [1.54, 1.807) is 0 Å². The Morgan fingerprint density at radius 2 is 1.50 bits per heavy atom. The zero-order valence-electron chi connectivity index (χ0n) is 17.5. The minimum absolute atomic E-state index is 0.179. The summed E-state index contributed by atoms with van der Waals surface area (Å²) < 4.78 is 6.89. The van der Waals surface area contributed by atoms with Gasteiger partial charge in [0.25, 0.3) is 5.91 Å². The number of amides is 1. The second-order valence-electron chi connectivity index (χ2n) is 9.76. The maximum Gasteiger partial charge on any atom is 0.257 e. The van der Waals surface area contributed by atoms with E-state index in [0.717, 1.165) is 19.5 Å². The van der Waals surface area contributed by atoms with E-state index in [2.05, 4.69) is 26.1 Å². The molecule has 2 atom stereocenters. The monoisotopic (exact) mass is 364 g/mol. The van der Waals surface area contributed by atoms with Crippen LogP contribution in [-0.2, 0) is 9.53 Å². The van der Waals surface area contributed by atoms with Gasteiger partial charge in [0.1, 0.15) is 5.72 Å². The van der Waals surface area contributed by atoms with Crippen LogP contribution in [0, 0.1) is 11.3 Å². The molecule has 0 radical (unpaired) electrons. The van der Waals surface area contributed by atoms with Crippen LogP contribution in [0.4, 0.5) is 0 Å². The number of ether oxygens (including phenoxy) is 1. The SMILES string of the molecule is CN1C(=O)C2(CCNCC2(C)C)OC1(C)C1CCCCCCCCCC1. The highest BCUT2D eigenvalue weighted by Crippen LogP contribution is 2.52. The molecule has 2 unspecified atom stereocenters. The van der Waals surface area contributed by atoms with Gasteiger partial charge in [-0.15, -0.1) is 0 Å². The Kier molecular flexibility index (Phi) is 6.03. The summed E-state index contributed by atoms with van der Waals surface area (Å²) in [6.07, 6.45) is 13.8. The summed E-state index contributed by atoms with van der Waals surface area (Å²) in [6, 6.07) is 0. The molecule has 0 aromatic rings. The van der Waals surface area contributed by atoms with Crippen molar-refractivity contribution in [1.82, 2.24) is 10.2 Å². The van der Waals surface area contributed by atoms with Gasteiger partial charge in [0.05, 0.1) is 0 Å². The Balaban J connectivity index is 1.83. The predicted octanol–water partition coefficient (Wildman–Crippen LogP) is 4.48. The van der Waals surface area contributed by atoms with Gasteiger partial charge in [0.2, 0.25) is 0 Å². The molecule has 0 bridgehead atoms. The zero-order chi connectivity index (χ0) is 18.8. The van der Waals surface area contributed by atoms with Gasteiger partial charge < -0.3 is 15.0 Å². The molecule has 0 aromatic heterocycles. The summed E-state index contributed by atoms with van der Waals surface area (Å²) in [5.74, 6) is 0.653. The minimum atomic E-state index is -0.659. The van der Waals surface area contributed by atoms with E-state index in [9.17, 15) is 4.79 Å². The van der Waals surface area contributed by atoms with Crippen LogP contribution in [0.2, 0.25) is 0 Å². The van der Waals surface area contributed by atoms with Crippen LogP contribution in [-0.4, -0.2) is 42.3 Å². The van der Waals surface area contributed by atoms with Crippen LogP contribution >= 0.6 is 0 Å². The van der Waals surface area contributed by atoms with Crippen LogP contribution in [0.5, 0.6) is 0 Å². The molecule has 1 N–H and O–H groups in total. The number of hydrogen-bond donors (Lipinski definition) is 1. The molecule has 2 aliphatic heterocycles. The predicted molar refractivity (Wildman–Crippen MR) is 106 cm³/mol. The molecule has 2 heterocycles. The van der Waals surface area contributed by atoms with Crippen molar-refractivity contribution in [3.8, 4) is 0 Å². The summed E-state index contributed by atoms with van der Waals surface area (Å²) in [4.78, 5) is 15.4. The summed E-state index contributed by atoms with van der Waals surface area (Å²) in [6.45, 7) is 8.28. The van der Waals surface area contributed by atoms with Gasteiger partial charge >= 0.3 is 0 Å². The van der Waals surface area contributed by atoms with Crippen LogP contribution < -0.4 is 5.32 Å². The molecule has 3 rings (SSSR count). The number of nitrogens with zero attached hydrogens (tertiary/aromatic N) is 1. The molecule has 150 valence electrons. The van der Waals surface area contributed by atoms with E-state index in [1.165, 1.54) is 64.2 Å². The Hall–Kier alpha value is -0.610. The number of rotatable bonds is 1. The first-order valence-electron chi connectivity index (χ1n) is 11.0. The molecule has 26 heavy (non-hydrogen) atoms. The first-order valence-corrected chi connectivity index (χ1v) is 11.0. The maximum absolute atomic E-state index is 13.5. The van der Waals surface area contributed by atoms with Crippen molar-refractivity contribution >= 4 is 5.91 Å². The lowest BCUT2D eigenvalue weighted by atomic mass is 9.70. The Morgan fingerprint density at radius 1 is 0.962 bits per heavy atom. The molecule has 2 saturated heterocycles. The molecule has 1 aliphatic carbocycles. The fourth-order valence-electron chi connectivity index (χ4n) is 5.55. The largest absolute Gasteiger partial charge is 0.339 e. The van der Waals surface area contributed by atoms with Crippen LogP contribution in [0.1, 0.15) is 91.4 Å². The van der Waals surface area contributed by atoms with E-state index in [-0.39, 0.29) is 11.3 Å². The molecule has 1 amide bonds. The topological polar surface area (TPSA) is 41.6 Å². The number of carbonyl (C=O) groups is 1. The molecular formula is C22H40N2O2. The third kappa shape index (κ3) is 3.44. The average Bonchev–Trinajstić information content (AvgIpc) is 2.79. The first-order chi connectivity index (χ1) is 12.3. The lowest BCUT2D eigenvalue weighted by Gasteiger charge is -2.46. The average molecular weight is 365 g/mol. The van der Waals surface area contributed by atoms with Gasteiger partial charge in [0.15, 0.2) is 5.60 Å². The van der Waals surface area contributed by atoms with E-state index in [4.69, 9.17) is 4.74 Å². The van der Waals surface area contributed by atoms with Crippen molar-refractivity contribution in [2.75, 3.05) is 20.1 Å². The number of likely N-dealkylation sites (N-methyl/N-ethyl adjacent to an activating group) is 1. The van der Waals surface area contributed by atoms with Crippen molar-refractivity contribution in [2.45, 2.75) is 103 Å². The zero-order valence-corrected chi connectivity index (χ0v) is 17.5. The van der Waals surface area contributed by atoms with Crippen LogP contribution in [0.3, 0.4) is 0 Å². The summed E-state index contributed by atoms with van der Waals surface area (Å²) in [7, 11) is 1.99. The van der Waals surface area contributed by atoms with Crippen LogP contribution in [0.15, 0.2) is 0 Å². The van der Waals surface area contributed by atoms with E-state index < -0.39 is 11.3 Å².